The second-order valence-electron chi connectivity index (χ2n) is 4.62. The maximum Gasteiger partial charge on any atom is 0.246 e. The van der Waals surface area contributed by atoms with Crippen LogP contribution in [-0.4, -0.2) is 33.6 Å². The molecule has 0 bridgehead atoms. The highest BCUT2D eigenvalue weighted by molar-refractivity contribution is 5.85. The van der Waals surface area contributed by atoms with E-state index in [4.69, 9.17) is 4.52 Å². The zero-order chi connectivity index (χ0) is 13.8. The number of amides is 1. The second-order valence-corrected chi connectivity index (χ2v) is 4.62. The minimum atomic E-state index is -0.101. The Hall–Kier alpha value is -1.99. The fourth-order valence-corrected chi connectivity index (χ4v) is 2.13. The van der Waals surface area contributed by atoms with Gasteiger partial charge < -0.3 is 15.2 Å². The largest absolute Gasteiger partial charge is 0.346 e. The molecule has 1 aliphatic heterocycles. The summed E-state index contributed by atoms with van der Waals surface area (Å²) in [7, 11) is 0. The number of hydrogen-bond donors (Lipinski definition) is 2. The van der Waals surface area contributed by atoms with Crippen molar-refractivity contribution in [3.05, 3.63) is 30.4 Å². The quantitative estimate of drug-likeness (QED) is 0.872. The van der Waals surface area contributed by atoms with Crippen LogP contribution in [0.15, 0.2) is 29.0 Å². The number of halogens is 1. The Bertz CT molecular complexity index is 583. The molecule has 0 radical (unpaired) electrons. The van der Waals surface area contributed by atoms with E-state index in [1.54, 1.807) is 18.5 Å². The minimum Gasteiger partial charge on any atom is -0.346 e. The van der Waals surface area contributed by atoms with Gasteiger partial charge in [0, 0.05) is 18.0 Å². The molecule has 2 aromatic heterocycles. The van der Waals surface area contributed by atoms with Crippen LogP contribution < -0.4 is 10.6 Å². The molecular formula is C13H16ClN5O2. The normalized spacial score (nSPS) is 17.2. The first kappa shape index (κ1) is 15.4. The average Bonchev–Trinajstić information content (AvgIpc) is 3.17. The van der Waals surface area contributed by atoms with Gasteiger partial charge in [-0.25, -0.2) is 0 Å². The molecule has 1 fully saturated rings. The van der Waals surface area contributed by atoms with Gasteiger partial charge in [0.25, 0.3) is 0 Å². The monoisotopic (exact) mass is 309 g/mol. The highest BCUT2D eigenvalue weighted by atomic mass is 35.5. The fourth-order valence-electron chi connectivity index (χ4n) is 2.13. The lowest BCUT2D eigenvalue weighted by molar-refractivity contribution is -0.123. The summed E-state index contributed by atoms with van der Waals surface area (Å²) < 4.78 is 5.11. The van der Waals surface area contributed by atoms with E-state index in [-0.39, 0.29) is 30.9 Å². The van der Waals surface area contributed by atoms with Gasteiger partial charge in [0.15, 0.2) is 0 Å². The Morgan fingerprint density at radius 2 is 2.43 bits per heavy atom. The van der Waals surface area contributed by atoms with Gasteiger partial charge in [-0.1, -0.05) is 5.16 Å². The van der Waals surface area contributed by atoms with Gasteiger partial charge in [0.1, 0.15) is 0 Å². The summed E-state index contributed by atoms with van der Waals surface area (Å²) in [5.74, 6) is 0.833. The van der Waals surface area contributed by atoms with Crippen molar-refractivity contribution in [3.8, 4) is 11.4 Å². The number of nitrogens with one attached hydrogen (secondary N) is 2. The Labute approximate surface area is 127 Å². The molecule has 3 heterocycles. The van der Waals surface area contributed by atoms with Crippen LogP contribution in [0.2, 0.25) is 0 Å². The first-order valence-electron chi connectivity index (χ1n) is 6.57. The molecule has 0 spiro atoms. The number of nitrogens with zero attached hydrogens (tertiary/aromatic N) is 3. The minimum absolute atomic E-state index is 0. The maximum atomic E-state index is 11.8. The molecule has 112 valence electrons. The SMILES string of the molecule is Cl.O=C(NCc1nc(-c2cccnc2)no1)C1CCCN1. The van der Waals surface area contributed by atoms with Crippen LogP contribution in [0, 0.1) is 0 Å². The van der Waals surface area contributed by atoms with Crippen molar-refractivity contribution in [3.63, 3.8) is 0 Å². The molecule has 7 nitrogen and oxygen atoms in total. The van der Waals surface area contributed by atoms with Crippen LogP contribution in [0.5, 0.6) is 0 Å². The van der Waals surface area contributed by atoms with E-state index in [1.165, 1.54) is 0 Å². The van der Waals surface area contributed by atoms with Crippen molar-refractivity contribution in [1.82, 2.24) is 25.8 Å². The van der Waals surface area contributed by atoms with Gasteiger partial charge >= 0.3 is 0 Å². The zero-order valence-corrected chi connectivity index (χ0v) is 12.1. The lowest BCUT2D eigenvalue weighted by atomic mass is 10.2. The van der Waals surface area contributed by atoms with Crippen LogP contribution in [0.25, 0.3) is 11.4 Å². The smallest absolute Gasteiger partial charge is 0.246 e. The third kappa shape index (κ3) is 3.77. The number of carbonyl (C=O) groups excluding carboxylic acids is 1. The number of rotatable bonds is 4. The molecule has 1 saturated heterocycles. The number of hydrogen-bond acceptors (Lipinski definition) is 6. The summed E-state index contributed by atoms with van der Waals surface area (Å²) in [4.78, 5) is 20.0. The van der Waals surface area contributed by atoms with E-state index in [2.05, 4.69) is 25.8 Å². The zero-order valence-electron chi connectivity index (χ0n) is 11.3. The molecule has 0 aromatic carbocycles. The molecule has 0 aliphatic carbocycles. The topological polar surface area (TPSA) is 92.9 Å². The molecular weight excluding hydrogens is 294 g/mol. The maximum absolute atomic E-state index is 11.8. The third-order valence-electron chi connectivity index (χ3n) is 3.18. The van der Waals surface area contributed by atoms with Gasteiger partial charge in [-0.3, -0.25) is 9.78 Å². The number of pyridine rings is 1. The molecule has 2 N–H and O–H groups in total. The first-order valence-corrected chi connectivity index (χ1v) is 6.57. The number of aromatic nitrogens is 3. The molecule has 2 aromatic rings. The van der Waals surface area contributed by atoms with Crippen molar-refractivity contribution < 1.29 is 9.32 Å². The summed E-state index contributed by atoms with van der Waals surface area (Å²) in [5.41, 5.74) is 0.784. The molecule has 1 amide bonds. The molecule has 21 heavy (non-hydrogen) atoms. The van der Waals surface area contributed by atoms with Crippen LogP contribution in [0.4, 0.5) is 0 Å². The van der Waals surface area contributed by atoms with E-state index in [0.29, 0.717) is 11.7 Å². The second kappa shape index (κ2) is 7.14. The van der Waals surface area contributed by atoms with Crippen molar-refractivity contribution in [2.24, 2.45) is 0 Å². The van der Waals surface area contributed by atoms with Gasteiger partial charge in [-0.15, -0.1) is 12.4 Å². The molecule has 1 aliphatic rings. The Morgan fingerprint density at radius 1 is 1.52 bits per heavy atom. The standard InChI is InChI=1S/C13H15N5O2.ClH/c19-13(10-4-2-6-15-10)16-8-11-17-12(18-20-11)9-3-1-5-14-7-9;/h1,3,5,7,10,15H,2,4,6,8H2,(H,16,19);1H. The van der Waals surface area contributed by atoms with E-state index in [9.17, 15) is 4.79 Å². The van der Waals surface area contributed by atoms with Crippen molar-refractivity contribution in [2.45, 2.75) is 25.4 Å². The van der Waals surface area contributed by atoms with Crippen LogP contribution in [0.3, 0.4) is 0 Å². The summed E-state index contributed by atoms with van der Waals surface area (Å²) in [5, 5.41) is 9.80. The summed E-state index contributed by atoms with van der Waals surface area (Å²) >= 11 is 0. The molecule has 1 atom stereocenters. The Kier molecular flexibility index (Phi) is 5.24. The summed E-state index contributed by atoms with van der Waals surface area (Å²) in [6.07, 6.45) is 5.25. The van der Waals surface area contributed by atoms with E-state index in [0.717, 1.165) is 24.9 Å². The lowest BCUT2D eigenvalue weighted by Gasteiger charge is -2.08. The van der Waals surface area contributed by atoms with Gasteiger partial charge in [0.2, 0.25) is 17.6 Å². The predicted molar refractivity (Wildman–Crippen MR) is 77.6 cm³/mol. The molecule has 1 unspecified atom stereocenters. The third-order valence-corrected chi connectivity index (χ3v) is 3.18. The number of carbonyl (C=O) groups is 1. The van der Waals surface area contributed by atoms with Crippen molar-refractivity contribution in [1.29, 1.82) is 0 Å². The molecule has 8 heteroatoms. The van der Waals surface area contributed by atoms with Gasteiger partial charge in [-0.05, 0) is 31.5 Å². The van der Waals surface area contributed by atoms with Crippen LogP contribution in [0.1, 0.15) is 18.7 Å². The van der Waals surface area contributed by atoms with E-state index >= 15 is 0 Å². The van der Waals surface area contributed by atoms with Crippen LogP contribution >= 0.6 is 12.4 Å². The summed E-state index contributed by atoms with van der Waals surface area (Å²) in [6, 6.07) is 3.55. The first-order chi connectivity index (χ1) is 9.83. The highest BCUT2D eigenvalue weighted by Crippen LogP contribution is 2.13. The summed E-state index contributed by atoms with van der Waals surface area (Å²) in [6.45, 7) is 1.13. The van der Waals surface area contributed by atoms with Crippen LogP contribution in [-0.2, 0) is 11.3 Å². The Balaban J connectivity index is 0.00000161. The van der Waals surface area contributed by atoms with Crippen molar-refractivity contribution in [2.75, 3.05) is 6.54 Å². The van der Waals surface area contributed by atoms with E-state index in [1.807, 2.05) is 6.07 Å². The molecule has 0 saturated carbocycles. The molecule has 3 rings (SSSR count). The lowest BCUT2D eigenvalue weighted by Crippen LogP contribution is -2.40. The average molecular weight is 310 g/mol. The fraction of sp³-hybridized carbons (Fsp3) is 0.385. The highest BCUT2D eigenvalue weighted by Gasteiger charge is 2.22. The van der Waals surface area contributed by atoms with Crippen molar-refractivity contribution >= 4 is 18.3 Å². The van der Waals surface area contributed by atoms with E-state index < -0.39 is 0 Å². The van der Waals surface area contributed by atoms with Gasteiger partial charge in [0.05, 0.1) is 12.6 Å². The van der Waals surface area contributed by atoms with Gasteiger partial charge in [-0.2, -0.15) is 4.98 Å². The predicted octanol–water partition coefficient (Wildman–Crippen LogP) is 0.922. The Morgan fingerprint density at radius 3 is 3.14 bits per heavy atom.